The largest absolute Gasteiger partial charge is 0.449 e. The van der Waals surface area contributed by atoms with Crippen molar-refractivity contribution in [2.45, 2.75) is 26.0 Å². The van der Waals surface area contributed by atoms with E-state index in [4.69, 9.17) is 4.74 Å². The first kappa shape index (κ1) is 20.8. The summed E-state index contributed by atoms with van der Waals surface area (Å²) in [6, 6.07) is 9.05. The molecule has 0 aromatic heterocycles. The van der Waals surface area contributed by atoms with E-state index in [0.29, 0.717) is 5.56 Å². The first-order valence-corrected chi connectivity index (χ1v) is 8.46. The highest BCUT2D eigenvalue weighted by Crippen LogP contribution is 2.25. The minimum absolute atomic E-state index is 0.0445. The SMILES string of the molecule is CNc1ccc(C(=O)O[C@@H](C)C(=O)N[C@@H](C)c2ccc(F)cc2)cc1[N+](=O)[O-]. The lowest BCUT2D eigenvalue weighted by atomic mass is 10.1. The number of esters is 1. The molecule has 0 bridgehead atoms. The third-order valence-corrected chi connectivity index (χ3v) is 4.08. The Morgan fingerprint density at radius 3 is 2.36 bits per heavy atom. The molecule has 0 radical (unpaired) electrons. The molecule has 1 amide bonds. The van der Waals surface area contributed by atoms with Crippen LogP contribution in [0, 0.1) is 15.9 Å². The normalized spacial score (nSPS) is 12.6. The van der Waals surface area contributed by atoms with Crippen LogP contribution in [0.5, 0.6) is 0 Å². The topological polar surface area (TPSA) is 111 Å². The van der Waals surface area contributed by atoms with E-state index < -0.39 is 28.9 Å². The average Bonchev–Trinajstić information content (AvgIpc) is 2.67. The van der Waals surface area contributed by atoms with Crippen LogP contribution < -0.4 is 10.6 Å². The average molecular weight is 389 g/mol. The summed E-state index contributed by atoms with van der Waals surface area (Å²) in [6.45, 7) is 3.10. The van der Waals surface area contributed by atoms with Crippen LogP contribution in [0.25, 0.3) is 0 Å². The van der Waals surface area contributed by atoms with Crippen LogP contribution in [0.1, 0.15) is 35.8 Å². The lowest BCUT2D eigenvalue weighted by molar-refractivity contribution is -0.384. The van der Waals surface area contributed by atoms with Crippen molar-refractivity contribution in [1.82, 2.24) is 5.32 Å². The maximum Gasteiger partial charge on any atom is 0.339 e. The van der Waals surface area contributed by atoms with Crippen molar-refractivity contribution in [2.75, 3.05) is 12.4 Å². The molecule has 2 atom stereocenters. The molecule has 2 aromatic rings. The highest BCUT2D eigenvalue weighted by atomic mass is 19.1. The van der Waals surface area contributed by atoms with Gasteiger partial charge in [0.05, 0.1) is 16.5 Å². The van der Waals surface area contributed by atoms with Crippen molar-refractivity contribution in [3.8, 4) is 0 Å². The van der Waals surface area contributed by atoms with E-state index >= 15 is 0 Å². The van der Waals surface area contributed by atoms with Gasteiger partial charge in [-0.2, -0.15) is 0 Å². The molecule has 28 heavy (non-hydrogen) atoms. The summed E-state index contributed by atoms with van der Waals surface area (Å²) in [7, 11) is 1.52. The second-order valence-corrected chi connectivity index (χ2v) is 6.07. The first-order chi connectivity index (χ1) is 13.2. The van der Waals surface area contributed by atoms with Crippen LogP contribution in [0.3, 0.4) is 0 Å². The van der Waals surface area contributed by atoms with Gasteiger partial charge in [0.25, 0.3) is 11.6 Å². The van der Waals surface area contributed by atoms with E-state index in [1.807, 2.05) is 0 Å². The lowest BCUT2D eigenvalue weighted by Crippen LogP contribution is -2.37. The summed E-state index contributed by atoms with van der Waals surface area (Å²) in [5.41, 5.74) is 0.614. The maximum absolute atomic E-state index is 13.0. The van der Waals surface area contributed by atoms with Crippen LogP contribution in [0.15, 0.2) is 42.5 Å². The fourth-order valence-corrected chi connectivity index (χ4v) is 2.47. The van der Waals surface area contributed by atoms with Crippen molar-refractivity contribution in [2.24, 2.45) is 0 Å². The molecular formula is C19H20FN3O5. The Morgan fingerprint density at radius 2 is 1.79 bits per heavy atom. The Hall–Kier alpha value is -3.49. The molecular weight excluding hydrogens is 369 g/mol. The fourth-order valence-electron chi connectivity index (χ4n) is 2.47. The lowest BCUT2D eigenvalue weighted by Gasteiger charge is -2.18. The van der Waals surface area contributed by atoms with Crippen molar-refractivity contribution in [3.63, 3.8) is 0 Å². The number of amides is 1. The summed E-state index contributed by atoms with van der Waals surface area (Å²) in [5, 5.41) is 16.4. The molecule has 148 valence electrons. The van der Waals surface area contributed by atoms with Gasteiger partial charge in [-0.25, -0.2) is 9.18 Å². The molecule has 0 saturated carbocycles. The van der Waals surface area contributed by atoms with Gasteiger partial charge < -0.3 is 15.4 Å². The zero-order valence-corrected chi connectivity index (χ0v) is 15.6. The van der Waals surface area contributed by atoms with Crippen LogP contribution >= 0.6 is 0 Å². The summed E-state index contributed by atoms with van der Waals surface area (Å²) in [6.07, 6.45) is -1.13. The third kappa shape index (κ3) is 5.03. The Kier molecular flexibility index (Phi) is 6.64. The number of nitrogens with zero attached hydrogens (tertiary/aromatic N) is 1. The fraction of sp³-hybridized carbons (Fsp3) is 0.263. The standard InChI is InChI=1S/C19H20FN3O5/c1-11(13-4-7-15(20)8-5-13)22-18(24)12(2)28-19(25)14-6-9-16(21-3)17(10-14)23(26)27/h4-12,21H,1-3H3,(H,22,24)/t11-,12-/m0/s1. The van der Waals surface area contributed by atoms with Crippen LogP contribution in [0.4, 0.5) is 15.8 Å². The Balaban J connectivity index is 2.03. The summed E-state index contributed by atoms with van der Waals surface area (Å²) in [4.78, 5) is 35.0. The highest BCUT2D eigenvalue weighted by molar-refractivity contribution is 5.93. The number of rotatable bonds is 7. The molecule has 0 aliphatic heterocycles. The third-order valence-electron chi connectivity index (χ3n) is 4.08. The van der Waals surface area contributed by atoms with E-state index in [-0.39, 0.29) is 22.8 Å². The zero-order chi connectivity index (χ0) is 20.8. The molecule has 2 rings (SSSR count). The summed E-state index contributed by atoms with van der Waals surface area (Å²) < 4.78 is 18.1. The van der Waals surface area contributed by atoms with E-state index in [0.717, 1.165) is 6.07 Å². The monoisotopic (exact) mass is 389 g/mol. The molecule has 0 saturated heterocycles. The van der Waals surface area contributed by atoms with Gasteiger partial charge in [-0.15, -0.1) is 0 Å². The van der Waals surface area contributed by atoms with Crippen LogP contribution in [0.2, 0.25) is 0 Å². The molecule has 2 aromatic carbocycles. The molecule has 9 heteroatoms. The molecule has 0 unspecified atom stereocenters. The number of nitrogens with one attached hydrogen (secondary N) is 2. The Labute approximate surface area is 160 Å². The Morgan fingerprint density at radius 1 is 1.14 bits per heavy atom. The number of benzene rings is 2. The van der Waals surface area contributed by atoms with Crippen LogP contribution in [-0.4, -0.2) is 30.0 Å². The molecule has 8 nitrogen and oxygen atoms in total. The maximum atomic E-state index is 13.0. The summed E-state index contributed by atoms with van der Waals surface area (Å²) >= 11 is 0. The smallest absolute Gasteiger partial charge is 0.339 e. The van der Waals surface area contributed by atoms with Gasteiger partial charge in [0.1, 0.15) is 11.5 Å². The number of nitro benzene ring substituents is 1. The minimum Gasteiger partial charge on any atom is -0.449 e. The molecule has 0 spiro atoms. The van der Waals surface area contributed by atoms with Gasteiger partial charge in [-0.05, 0) is 43.7 Å². The van der Waals surface area contributed by atoms with Gasteiger partial charge in [0, 0.05) is 13.1 Å². The molecule has 0 fully saturated rings. The molecule has 0 heterocycles. The van der Waals surface area contributed by atoms with E-state index in [1.165, 1.54) is 38.2 Å². The highest BCUT2D eigenvalue weighted by Gasteiger charge is 2.23. The van der Waals surface area contributed by atoms with Gasteiger partial charge in [0.15, 0.2) is 6.10 Å². The van der Waals surface area contributed by atoms with Crippen molar-refractivity contribution < 1.29 is 23.6 Å². The van der Waals surface area contributed by atoms with Crippen molar-refractivity contribution in [3.05, 3.63) is 69.5 Å². The second-order valence-electron chi connectivity index (χ2n) is 6.07. The Bertz CT molecular complexity index is 886. The van der Waals surface area contributed by atoms with Crippen molar-refractivity contribution in [1.29, 1.82) is 0 Å². The predicted octanol–water partition coefficient (Wildman–Crippen LogP) is 3.20. The van der Waals surface area contributed by atoms with Crippen molar-refractivity contribution >= 4 is 23.3 Å². The van der Waals surface area contributed by atoms with Gasteiger partial charge in [-0.3, -0.25) is 14.9 Å². The number of nitro groups is 1. The van der Waals surface area contributed by atoms with E-state index in [1.54, 1.807) is 19.1 Å². The van der Waals surface area contributed by atoms with Gasteiger partial charge in [-0.1, -0.05) is 12.1 Å². The second kappa shape index (κ2) is 8.94. The number of carbonyl (C=O) groups excluding carboxylic acids is 2. The van der Waals surface area contributed by atoms with Gasteiger partial charge in [0.2, 0.25) is 0 Å². The number of carbonyl (C=O) groups is 2. The van der Waals surface area contributed by atoms with E-state index in [2.05, 4.69) is 10.6 Å². The predicted molar refractivity (Wildman–Crippen MR) is 100 cm³/mol. The minimum atomic E-state index is -1.13. The molecule has 2 N–H and O–H groups in total. The number of anilines is 1. The summed E-state index contributed by atoms with van der Waals surface area (Å²) in [5.74, 6) is -1.79. The molecule has 0 aliphatic rings. The number of ether oxygens (including phenoxy) is 1. The van der Waals surface area contributed by atoms with E-state index in [9.17, 15) is 24.1 Å². The first-order valence-electron chi connectivity index (χ1n) is 8.46. The number of halogens is 1. The number of hydrogen-bond donors (Lipinski definition) is 2. The van der Waals surface area contributed by atoms with Crippen LogP contribution in [-0.2, 0) is 9.53 Å². The van der Waals surface area contributed by atoms with Gasteiger partial charge >= 0.3 is 5.97 Å². The zero-order valence-electron chi connectivity index (χ0n) is 15.6. The molecule has 0 aliphatic carbocycles. The number of hydrogen-bond acceptors (Lipinski definition) is 6. The quantitative estimate of drug-likeness (QED) is 0.427.